The minimum atomic E-state index is -0.782. The number of allylic oxidation sites excluding steroid dienone is 10. The zero-order valence-corrected chi connectivity index (χ0v) is 31.2. The molecular formula is C43H74O5. The number of carbonyl (C=O) groups is 2. The molecule has 0 amide bonds. The standard InChI is InChI=1S/C43H74O5/c1-3-5-7-9-11-13-15-17-19-20-21-22-24-26-28-30-32-34-36-38-43(46)48-41(39-44)40-47-42(45)37-35-33-31-29-27-25-23-18-16-14-12-10-8-6-4-2/h6,8,11-14,17-19,23,41,44H,3-5,7,9-10,15-16,20-22,24-40H2,1-2H3/b8-6-,13-11-,14-12-,19-17-,23-18-/t41-/m0/s1. The summed E-state index contributed by atoms with van der Waals surface area (Å²) < 4.78 is 10.6. The average Bonchev–Trinajstić information content (AvgIpc) is 3.09. The Morgan fingerprint density at radius 2 is 0.896 bits per heavy atom. The number of hydrogen-bond donors (Lipinski definition) is 1. The second-order valence-corrected chi connectivity index (χ2v) is 13.0. The van der Waals surface area contributed by atoms with Gasteiger partial charge in [-0.2, -0.15) is 0 Å². The van der Waals surface area contributed by atoms with Gasteiger partial charge in [0.25, 0.3) is 0 Å². The summed E-state index contributed by atoms with van der Waals surface area (Å²) in [5, 5.41) is 9.55. The summed E-state index contributed by atoms with van der Waals surface area (Å²) in [6.45, 7) is 3.98. The summed E-state index contributed by atoms with van der Waals surface area (Å²) in [6, 6.07) is 0. The number of esters is 2. The van der Waals surface area contributed by atoms with Gasteiger partial charge in [-0.05, 0) is 77.0 Å². The Morgan fingerprint density at radius 1 is 0.500 bits per heavy atom. The minimum Gasteiger partial charge on any atom is -0.462 e. The predicted molar refractivity (Wildman–Crippen MR) is 205 cm³/mol. The largest absolute Gasteiger partial charge is 0.462 e. The van der Waals surface area contributed by atoms with Gasteiger partial charge in [-0.15, -0.1) is 0 Å². The van der Waals surface area contributed by atoms with Crippen molar-refractivity contribution in [2.45, 2.75) is 187 Å². The van der Waals surface area contributed by atoms with E-state index in [9.17, 15) is 14.7 Å². The molecule has 0 aliphatic rings. The van der Waals surface area contributed by atoms with Gasteiger partial charge in [-0.25, -0.2) is 0 Å². The molecule has 5 nitrogen and oxygen atoms in total. The zero-order valence-electron chi connectivity index (χ0n) is 31.2. The Morgan fingerprint density at radius 3 is 1.35 bits per heavy atom. The van der Waals surface area contributed by atoms with Crippen molar-refractivity contribution in [3.63, 3.8) is 0 Å². The molecule has 48 heavy (non-hydrogen) atoms. The molecule has 0 saturated heterocycles. The number of unbranched alkanes of at least 4 members (excludes halogenated alkanes) is 17. The molecule has 0 saturated carbocycles. The van der Waals surface area contributed by atoms with E-state index in [2.05, 4.69) is 74.6 Å². The van der Waals surface area contributed by atoms with E-state index in [0.717, 1.165) is 77.0 Å². The highest BCUT2D eigenvalue weighted by Gasteiger charge is 2.16. The highest BCUT2D eigenvalue weighted by molar-refractivity contribution is 5.70. The molecular weight excluding hydrogens is 596 g/mol. The number of hydrogen-bond acceptors (Lipinski definition) is 5. The smallest absolute Gasteiger partial charge is 0.306 e. The highest BCUT2D eigenvalue weighted by Crippen LogP contribution is 2.13. The van der Waals surface area contributed by atoms with E-state index in [1.807, 2.05) is 0 Å². The Hall–Kier alpha value is -2.40. The van der Waals surface area contributed by atoms with Crippen LogP contribution in [0.1, 0.15) is 181 Å². The molecule has 0 heterocycles. The quantitative estimate of drug-likeness (QED) is 0.0413. The SMILES string of the molecule is CC/C=C\C/C=C\C/C=C\CCCCCCCC(=O)OC[C@H](CO)OC(=O)CCCCCCCCCCC/C=C\C/C=C\CCCCC. The van der Waals surface area contributed by atoms with Crippen LogP contribution < -0.4 is 0 Å². The summed E-state index contributed by atoms with van der Waals surface area (Å²) in [4.78, 5) is 24.3. The summed E-state index contributed by atoms with van der Waals surface area (Å²) in [7, 11) is 0. The maximum Gasteiger partial charge on any atom is 0.306 e. The van der Waals surface area contributed by atoms with Crippen molar-refractivity contribution < 1.29 is 24.2 Å². The molecule has 0 unspecified atom stereocenters. The Bertz CT molecular complexity index is 853. The van der Waals surface area contributed by atoms with Gasteiger partial charge in [0.1, 0.15) is 6.61 Å². The van der Waals surface area contributed by atoms with Crippen molar-refractivity contribution in [1.29, 1.82) is 0 Å². The summed E-state index contributed by atoms with van der Waals surface area (Å²) in [5.74, 6) is -0.618. The fourth-order valence-corrected chi connectivity index (χ4v) is 5.30. The van der Waals surface area contributed by atoms with Crippen molar-refractivity contribution in [1.82, 2.24) is 0 Å². The van der Waals surface area contributed by atoms with Gasteiger partial charge in [-0.1, -0.05) is 152 Å². The monoisotopic (exact) mass is 671 g/mol. The number of carbonyl (C=O) groups excluding carboxylic acids is 2. The number of rotatable bonds is 35. The van der Waals surface area contributed by atoms with Gasteiger partial charge >= 0.3 is 11.9 Å². The van der Waals surface area contributed by atoms with E-state index in [1.54, 1.807) is 0 Å². The Balaban J connectivity index is 3.59. The molecule has 0 aromatic heterocycles. The lowest BCUT2D eigenvalue weighted by Gasteiger charge is -2.15. The maximum absolute atomic E-state index is 12.2. The third-order valence-corrected chi connectivity index (χ3v) is 8.30. The van der Waals surface area contributed by atoms with E-state index in [4.69, 9.17) is 9.47 Å². The van der Waals surface area contributed by atoms with Gasteiger partial charge < -0.3 is 14.6 Å². The van der Waals surface area contributed by atoms with Gasteiger partial charge in [0, 0.05) is 12.8 Å². The van der Waals surface area contributed by atoms with Gasteiger partial charge in [-0.3, -0.25) is 9.59 Å². The summed E-state index contributed by atoms with van der Waals surface area (Å²) in [5.41, 5.74) is 0. The fraction of sp³-hybridized carbons (Fsp3) is 0.721. The second kappa shape index (κ2) is 39.0. The second-order valence-electron chi connectivity index (χ2n) is 13.0. The van der Waals surface area contributed by atoms with E-state index >= 15 is 0 Å². The van der Waals surface area contributed by atoms with Crippen LogP contribution in [0.4, 0.5) is 0 Å². The fourth-order valence-electron chi connectivity index (χ4n) is 5.30. The van der Waals surface area contributed by atoms with Crippen LogP contribution in [-0.2, 0) is 19.1 Å². The van der Waals surface area contributed by atoms with Crippen LogP contribution in [0.3, 0.4) is 0 Å². The van der Waals surface area contributed by atoms with Gasteiger partial charge in [0.2, 0.25) is 0 Å². The van der Waals surface area contributed by atoms with E-state index in [1.165, 1.54) is 77.0 Å². The molecule has 5 heteroatoms. The molecule has 276 valence electrons. The van der Waals surface area contributed by atoms with Gasteiger partial charge in [0.05, 0.1) is 6.61 Å². The first-order valence-corrected chi connectivity index (χ1v) is 19.8. The van der Waals surface area contributed by atoms with Crippen molar-refractivity contribution in [3.05, 3.63) is 60.8 Å². The Labute approximate surface area is 296 Å². The van der Waals surface area contributed by atoms with E-state index in [-0.39, 0.29) is 25.2 Å². The van der Waals surface area contributed by atoms with Crippen LogP contribution >= 0.6 is 0 Å². The van der Waals surface area contributed by atoms with E-state index < -0.39 is 6.10 Å². The summed E-state index contributed by atoms with van der Waals surface area (Å²) in [6.07, 6.45) is 49.9. The number of aliphatic hydroxyl groups is 1. The van der Waals surface area contributed by atoms with Crippen LogP contribution in [0.25, 0.3) is 0 Å². The molecule has 0 rings (SSSR count). The summed E-state index contributed by atoms with van der Waals surface area (Å²) >= 11 is 0. The number of aliphatic hydroxyl groups excluding tert-OH is 1. The molecule has 0 aromatic carbocycles. The van der Waals surface area contributed by atoms with Crippen molar-refractivity contribution in [2.75, 3.05) is 13.2 Å². The maximum atomic E-state index is 12.2. The number of ether oxygens (including phenoxy) is 2. The lowest BCUT2D eigenvalue weighted by molar-refractivity contribution is -0.161. The first kappa shape index (κ1) is 45.6. The molecule has 0 fully saturated rings. The lowest BCUT2D eigenvalue weighted by Crippen LogP contribution is -2.28. The molecule has 0 bridgehead atoms. The Kier molecular flexibility index (Phi) is 37.1. The topological polar surface area (TPSA) is 72.8 Å². The van der Waals surface area contributed by atoms with E-state index in [0.29, 0.717) is 12.8 Å². The normalized spacial score (nSPS) is 12.8. The molecule has 1 atom stereocenters. The molecule has 1 N–H and O–H groups in total. The van der Waals surface area contributed by atoms with Crippen LogP contribution in [0.2, 0.25) is 0 Å². The van der Waals surface area contributed by atoms with Crippen LogP contribution in [-0.4, -0.2) is 36.4 Å². The predicted octanol–water partition coefficient (Wildman–Crippen LogP) is 12.4. The van der Waals surface area contributed by atoms with Crippen molar-refractivity contribution in [3.8, 4) is 0 Å². The molecule has 0 radical (unpaired) electrons. The van der Waals surface area contributed by atoms with Crippen molar-refractivity contribution >= 4 is 11.9 Å². The third kappa shape index (κ3) is 36.4. The highest BCUT2D eigenvalue weighted by atomic mass is 16.6. The first-order chi connectivity index (χ1) is 23.6. The first-order valence-electron chi connectivity index (χ1n) is 19.8. The van der Waals surface area contributed by atoms with Crippen molar-refractivity contribution in [2.24, 2.45) is 0 Å². The lowest BCUT2D eigenvalue weighted by atomic mass is 10.1. The minimum absolute atomic E-state index is 0.0785. The van der Waals surface area contributed by atoms with Crippen LogP contribution in [0.15, 0.2) is 60.8 Å². The van der Waals surface area contributed by atoms with Gasteiger partial charge in [0.15, 0.2) is 6.10 Å². The molecule has 0 aliphatic heterocycles. The third-order valence-electron chi connectivity index (χ3n) is 8.30. The zero-order chi connectivity index (χ0) is 35.0. The molecule has 0 spiro atoms. The molecule has 0 aliphatic carbocycles. The van der Waals surface area contributed by atoms with Crippen LogP contribution in [0, 0.1) is 0 Å². The molecule has 0 aromatic rings. The average molecular weight is 671 g/mol. The van der Waals surface area contributed by atoms with Crippen LogP contribution in [0.5, 0.6) is 0 Å².